The molecule has 0 saturated carbocycles. The third-order valence-electron chi connectivity index (χ3n) is 2.21. The van der Waals surface area contributed by atoms with Crippen LogP contribution in [0.5, 0.6) is 5.75 Å². The molecule has 0 radical (unpaired) electrons. The van der Waals surface area contributed by atoms with E-state index in [0.717, 1.165) is 22.6 Å². The molecule has 0 aliphatic carbocycles. The summed E-state index contributed by atoms with van der Waals surface area (Å²) in [5.74, 6) is 0.220. The summed E-state index contributed by atoms with van der Waals surface area (Å²) in [7, 11) is 0. The Morgan fingerprint density at radius 3 is 2.33 bits per heavy atom. The first-order chi connectivity index (χ1) is 8.74. The van der Waals surface area contributed by atoms with Crippen LogP contribution in [0.1, 0.15) is 5.56 Å². The van der Waals surface area contributed by atoms with Crippen LogP contribution in [-0.4, -0.2) is 5.11 Å². The van der Waals surface area contributed by atoms with Crippen LogP contribution in [0.4, 0.5) is 5.69 Å². The Morgan fingerprint density at radius 1 is 1.00 bits per heavy atom. The lowest BCUT2D eigenvalue weighted by atomic mass is 10.2. The van der Waals surface area contributed by atoms with Gasteiger partial charge in [-0.05, 0) is 43.3 Å². The van der Waals surface area contributed by atoms with Crippen molar-refractivity contribution >= 4 is 17.7 Å². The maximum Gasteiger partial charge on any atom is 0.115 e. The smallest absolute Gasteiger partial charge is 0.115 e. The third kappa shape index (κ3) is 3.96. The molecule has 2 rings (SSSR count). The number of hydrogen-bond donors (Lipinski definition) is 2. The lowest BCUT2D eigenvalue weighted by molar-refractivity contribution is -0.161. The highest BCUT2D eigenvalue weighted by Crippen LogP contribution is 2.21. The topological polar surface area (TPSA) is 50.7 Å². The molecular formula is C13H13NO3S. The Morgan fingerprint density at radius 2 is 1.67 bits per heavy atom. The van der Waals surface area contributed by atoms with Crippen molar-refractivity contribution in [1.82, 2.24) is 0 Å². The van der Waals surface area contributed by atoms with Gasteiger partial charge in [-0.15, -0.1) is 9.32 Å². The van der Waals surface area contributed by atoms with Gasteiger partial charge in [0.2, 0.25) is 0 Å². The number of phenols is 1. The normalized spacial score (nSPS) is 10.3. The molecule has 0 aliphatic heterocycles. The van der Waals surface area contributed by atoms with Crippen molar-refractivity contribution in [3.63, 3.8) is 0 Å². The van der Waals surface area contributed by atoms with E-state index < -0.39 is 0 Å². The molecule has 94 valence electrons. The molecule has 5 heteroatoms. The standard InChI is InChI=1S/C13H13NO3S/c1-10-2-4-11(5-3-10)14-16-17-18-13-8-6-12(15)7-9-13/h2-9,14-15H,1H3. The van der Waals surface area contributed by atoms with E-state index in [1.165, 1.54) is 5.56 Å². The van der Waals surface area contributed by atoms with Gasteiger partial charge < -0.3 is 5.11 Å². The molecule has 0 aliphatic rings. The largest absolute Gasteiger partial charge is 0.508 e. The molecule has 0 fully saturated rings. The molecule has 0 unspecified atom stereocenters. The number of hydrogen-bond acceptors (Lipinski definition) is 5. The van der Waals surface area contributed by atoms with E-state index in [-0.39, 0.29) is 5.75 Å². The SMILES string of the molecule is Cc1ccc(NOOSc2ccc(O)cc2)cc1. The van der Waals surface area contributed by atoms with E-state index in [4.69, 9.17) is 14.4 Å². The fraction of sp³-hybridized carbons (Fsp3) is 0.0769. The van der Waals surface area contributed by atoms with Crippen molar-refractivity contribution in [2.75, 3.05) is 5.48 Å². The second-order valence-corrected chi connectivity index (χ2v) is 4.47. The van der Waals surface area contributed by atoms with Crippen LogP contribution in [0.2, 0.25) is 0 Å². The average molecular weight is 263 g/mol. The maximum atomic E-state index is 9.11. The molecule has 2 aromatic carbocycles. The van der Waals surface area contributed by atoms with Gasteiger partial charge in [0, 0.05) is 4.90 Å². The Kier molecular flexibility index (Phi) is 4.46. The summed E-state index contributed by atoms with van der Waals surface area (Å²) in [6.45, 7) is 2.02. The van der Waals surface area contributed by atoms with Crippen molar-refractivity contribution in [3.8, 4) is 5.75 Å². The van der Waals surface area contributed by atoms with Crippen LogP contribution in [-0.2, 0) is 9.32 Å². The molecule has 18 heavy (non-hydrogen) atoms. The van der Waals surface area contributed by atoms with E-state index in [1.807, 2.05) is 31.2 Å². The molecule has 0 amide bonds. The molecule has 0 aromatic heterocycles. The van der Waals surface area contributed by atoms with Crippen molar-refractivity contribution in [1.29, 1.82) is 0 Å². The zero-order valence-electron chi connectivity index (χ0n) is 9.79. The first-order valence-electron chi connectivity index (χ1n) is 5.36. The highest BCUT2D eigenvalue weighted by molar-refractivity contribution is 7.94. The Hall–Kier alpha value is -1.69. The summed E-state index contributed by atoms with van der Waals surface area (Å²) < 4.78 is 4.92. The summed E-state index contributed by atoms with van der Waals surface area (Å²) in [5, 5.41) is 9.11. The van der Waals surface area contributed by atoms with Crippen molar-refractivity contribution < 1.29 is 14.4 Å². The number of rotatable bonds is 5. The summed E-state index contributed by atoms with van der Waals surface area (Å²) in [6.07, 6.45) is 0. The minimum absolute atomic E-state index is 0.220. The highest BCUT2D eigenvalue weighted by Gasteiger charge is 1.97. The summed E-state index contributed by atoms with van der Waals surface area (Å²) in [6, 6.07) is 14.4. The van der Waals surface area contributed by atoms with Crippen LogP contribution >= 0.6 is 12.0 Å². The number of benzene rings is 2. The second kappa shape index (κ2) is 6.30. The zero-order valence-corrected chi connectivity index (χ0v) is 10.6. The minimum atomic E-state index is 0.220. The van der Waals surface area contributed by atoms with Crippen molar-refractivity contribution in [2.45, 2.75) is 11.8 Å². The van der Waals surface area contributed by atoms with Gasteiger partial charge in [-0.3, -0.25) is 0 Å². The predicted molar refractivity (Wildman–Crippen MR) is 70.9 cm³/mol. The number of nitrogens with one attached hydrogen (secondary N) is 1. The van der Waals surface area contributed by atoms with E-state index in [1.54, 1.807) is 24.3 Å². The molecule has 0 spiro atoms. The van der Waals surface area contributed by atoms with Gasteiger partial charge in [0.05, 0.1) is 17.7 Å². The van der Waals surface area contributed by atoms with Gasteiger partial charge in [0.25, 0.3) is 0 Å². The molecule has 4 nitrogen and oxygen atoms in total. The highest BCUT2D eigenvalue weighted by atomic mass is 32.2. The van der Waals surface area contributed by atoms with E-state index in [9.17, 15) is 0 Å². The number of aryl methyl sites for hydroxylation is 1. The fourth-order valence-corrected chi connectivity index (χ4v) is 1.64. The Labute approximate surface area is 110 Å². The molecule has 2 N–H and O–H groups in total. The number of phenolic OH excluding ortho intramolecular Hbond substituents is 1. The van der Waals surface area contributed by atoms with Crippen molar-refractivity contribution in [3.05, 3.63) is 54.1 Å². The minimum Gasteiger partial charge on any atom is -0.508 e. The summed E-state index contributed by atoms with van der Waals surface area (Å²) >= 11 is 1.06. The molecule has 0 saturated heterocycles. The van der Waals surface area contributed by atoms with Crippen LogP contribution in [0.15, 0.2) is 53.4 Å². The zero-order chi connectivity index (χ0) is 12.8. The molecular weight excluding hydrogens is 250 g/mol. The molecule has 0 atom stereocenters. The molecule has 0 bridgehead atoms. The lowest BCUT2D eigenvalue weighted by Gasteiger charge is -2.05. The van der Waals surface area contributed by atoms with Crippen LogP contribution in [0, 0.1) is 6.92 Å². The van der Waals surface area contributed by atoms with Crippen LogP contribution in [0.25, 0.3) is 0 Å². The quantitative estimate of drug-likeness (QED) is 0.373. The van der Waals surface area contributed by atoms with Gasteiger partial charge in [0.15, 0.2) is 0 Å². The van der Waals surface area contributed by atoms with Crippen LogP contribution < -0.4 is 5.48 Å². The monoisotopic (exact) mass is 263 g/mol. The first kappa shape index (κ1) is 12.8. The van der Waals surface area contributed by atoms with Gasteiger partial charge in [-0.2, -0.15) is 0 Å². The van der Waals surface area contributed by atoms with E-state index in [2.05, 4.69) is 5.48 Å². The molecule has 0 heterocycles. The summed E-state index contributed by atoms with van der Waals surface area (Å²) in [4.78, 5) is 5.68. The number of anilines is 1. The fourth-order valence-electron chi connectivity index (χ4n) is 1.24. The van der Waals surface area contributed by atoms with E-state index >= 15 is 0 Å². The van der Waals surface area contributed by atoms with Gasteiger partial charge >= 0.3 is 0 Å². The Bertz CT molecular complexity index is 437. The van der Waals surface area contributed by atoms with Crippen LogP contribution in [0.3, 0.4) is 0 Å². The molecule has 2 aromatic rings. The summed E-state index contributed by atoms with van der Waals surface area (Å²) in [5.41, 5.74) is 4.65. The second-order valence-electron chi connectivity index (χ2n) is 3.70. The van der Waals surface area contributed by atoms with Crippen molar-refractivity contribution in [2.24, 2.45) is 0 Å². The average Bonchev–Trinajstić information content (AvgIpc) is 2.39. The third-order valence-corrected chi connectivity index (χ3v) is 2.81. The number of aromatic hydroxyl groups is 1. The van der Waals surface area contributed by atoms with Gasteiger partial charge in [-0.25, -0.2) is 5.48 Å². The van der Waals surface area contributed by atoms with Gasteiger partial charge in [-0.1, -0.05) is 17.7 Å². The predicted octanol–water partition coefficient (Wildman–Crippen LogP) is 3.68. The first-order valence-corrected chi connectivity index (χ1v) is 6.10. The maximum absolute atomic E-state index is 9.11. The van der Waals surface area contributed by atoms with E-state index in [0.29, 0.717) is 0 Å². The van der Waals surface area contributed by atoms with Gasteiger partial charge in [0.1, 0.15) is 5.75 Å². The lowest BCUT2D eigenvalue weighted by Crippen LogP contribution is -1.98. The Balaban J connectivity index is 1.73.